The summed E-state index contributed by atoms with van der Waals surface area (Å²) >= 11 is 0. The predicted molar refractivity (Wildman–Crippen MR) is 109 cm³/mol. The number of unbranched alkanes of at least 4 members (excludes halogenated alkanes) is 1. The van der Waals surface area contributed by atoms with E-state index in [4.69, 9.17) is 4.74 Å². The maximum atomic E-state index is 10.3. The smallest absolute Gasteiger partial charge is 0.298 e. The molecule has 0 saturated heterocycles. The molecule has 0 bridgehead atoms. The molecule has 0 spiro atoms. The van der Waals surface area contributed by atoms with Crippen LogP contribution in [0.4, 0.5) is 0 Å². The number of fused-ring (bicyclic) bond motifs is 1. The summed E-state index contributed by atoms with van der Waals surface area (Å²) in [7, 11) is 0. The van der Waals surface area contributed by atoms with Gasteiger partial charge in [-0.15, -0.1) is 0 Å². The second-order valence-electron chi connectivity index (χ2n) is 6.94. The van der Waals surface area contributed by atoms with Crippen molar-refractivity contribution in [2.75, 3.05) is 0 Å². The molecular formula is C23H26N2O2. The Hall–Kier alpha value is -2.72. The van der Waals surface area contributed by atoms with E-state index in [1.807, 2.05) is 36.7 Å². The topological polar surface area (TPSA) is 51.2 Å². The van der Waals surface area contributed by atoms with E-state index in [0.717, 1.165) is 25.8 Å². The van der Waals surface area contributed by atoms with Gasteiger partial charge in [-0.2, -0.15) is 0 Å². The summed E-state index contributed by atoms with van der Waals surface area (Å²) in [6.45, 7) is 3.59. The molecule has 4 heteroatoms. The Morgan fingerprint density at radius 3 is 2.67 bits per heavy atom. The number of rotatable bonds is 10. The number of benzene rings is 2. The fourth-order valence-electron chi connectivity index (χ4n) is 3.21. The van der Waals surface area contributed by atoms with Gasteiger partial charge in [-0.25, -0.2) is 0 Å². The van der Waals surface area contributed by atoms with E-state index in [0.29, 0.717) is 18.3 Å². The van der Waals surface area contributed by atoms with Crippen LogP contribution in [-0.2, 0) is 17.8 Å². The maximum Gasteiger partial charge on any atom is 0.298 e. The average Bonchev–Trinajstić information content (AvgIpc) is 2.71. The monoisotopic (exact) mass is 362 g/mol. The van der Waals surface area contributed by atoms with Crippen molar-refractivity contribution in [1.82, 2.24) is 10.3 Å². The Morgan fingerprint density at radius 1 is 1.04 bits per heavy atom. The number of carbonyl (C=O) groups excluding carboxylic acids is 1. The quantitative estimate of drug-likeness (QED) is 0.421. The summed E-state index contributed by atoms with van der Waals surface area (Å²) in [5, 5.41) is 6.04. The maximum absolute atomic E-state index is 10.3. The molecule has 3 rings (SSSR count). The van der Waals surface area contributed by atoms with Crippen molar-refractivity contribution in [3.8, 4) is 5.75 Å². The van der Waals surface area contributed by atoms with Gasteiger partial charge in [0.2, 0.25) is 0 Å². The first-order valence-electron chi connectivity index (χ1n) is 9.50. The van der Waals surface area contributed by atoms with E-state index in [9.17, 15) is 4.79 Å². The number of hydrogen-bond acceptors (Lipinski definition) is 4. The van der Waals surface area contributed by atoms with E-state index in [-0.39, 0.29) is 0 Å². The molecule has 0 radical (unpaired) electrons. The molecule has 4 nitrogen and oxygen atoms in total. The summed E-state index contributed by atoms with van der Waals surface area (Å²) in [5.41, 5.74) is 2.58. The number of nitrogens with zero attached hydrogens (tertiary/aromatic N) is 1. The van der Waals surface area contributed by atoms with Crippen LogP contribution in [0.1, 0.15) is 37.3 Å². The number of hydrogen-bond donors (Lipinski definition) is 1. The van der Waals surface area contributed by atoms with Crippen molar-refractivity contribution < 1.29 is 9.53 Å². The SMILES string of the molecule is C[C@H](CCCCc1ccc(OC=O)cc1)NCc1ccc2cnccc2c1. The van der Waals surface area contributed by atoms with Gasteiger partial charge in [0.25, 0.3) is 6.47 Å². The predicted octanol–water partition coefficient (Wildman–Crippen LogP) is 4.66. The van der Waals surface area contributed by atoms with Crippen LogP contribution in [0.25, 0.3) is 10.8 Å². The van der Waals surface area contributed by atoms with Crippen molar-refractivity contribution in [1.29, 1.82) is 0 Å². The highest BCUT2D eigenvalue weighted by Gasteiger charge is 2.03. The molecule has 140 valence electrons. The zero-order valence-corrected chi connectivity index (χ0v) is 15.7. The van der Waals surface area contributed by atoms with Crippen molar-refractivity contribution in [3.05, 3.63) is 72.1 Å². The molecule has 0 aliphatic rings. The van der Waals surface area contributed by atoms with Gasteiger partial charge in [0, 0.05) is 30.4 Å². The summed E-state index contributed by atoms with van der Waals surface area (Å²) in [4.78, 5) is 14.5. The third kappa shape index (κ3) is 5.90. The van der Waals surface area contributed by atoms with E-state index in [1.165, 1.54) is 28.3 Å². The lowest BCUT2D eigenvalue weighted by Crippen LogP contribution is -2.25. The summed E-state index contributed by atoms with van der Waals surface area (Å²) < 4.78 is 4.81. The summed E-state index contributed by atoms with van der Waals surface area (Å²) in [5.74, 6) is 0.594. The summed E-state index contributed by atoms with van der Waals surface area (Å²) in [6.07, 6.45) is 8.28. The van der Waals surface area contributed by atoms with Crippen LogP contribution in [0.15, 0.2) is 60.9 Å². The standard InChI is InChI=1S/C23H26N2O2/c1-18(4-2-3-5-19-7-10-23(11-8-19)27-17-26)25-15-20-6-9-22-16-24-13-12-21(22)14-20/h6-14,16-18,25H,2-5,15H2,1H3/t18-/m1/s1. The second-order valence-corrected chi connectivity index (χ2v) is 6.94. The van der Waals surface area contributed by atoms with Crippen LogP contribution in [0.3, 0.4) is 0 Å². The third-order valence-corrected chi connectivity index (χ3v) is 4.82. The van der Waals surface area contributed by atoms with Crippen molar-refractivity contribution in [2.45, 2.75) is 45.2 Å². The molecule has 3 aromatic rings. The molecule has 1 heterocycles. The first-order valence-corrected chi connectivity index (χ1v) is 9.50. The molecule has 0 aliphatic carbocycles. The highest BCUT2D eigenvalue weighted by Crippen LogP contribution is 2.16. The van der Waals surface area contributed by atoms with Crippen molar-refractivity contribution in [3.63, 3.8) is 0 Å². The van der Waals surface area contributed by atoms with Gasteiger partial charge in [0.1, 0.15) is 5.75 Å². The first-order chi connectivity index (χ1) is 13.2. The molecule has 1 aromatic heterocycles. The molecule has 0 unspecified atom stereocenters. The fourth-order valence-corrected chi connectivity index (χ4v) is 3.21. The number of aromatic nitrogens is 1. The Kier molecular flexibility index (Phi) is 6.94. The van der Waals surface area contributed by atoms with Gasteiger partial charge in [-0.05, 0) is 67.0 Å². The molecule has 0 fully saturated rings. The largest absolute Gasteiger partial charge is 0.429 e. The number of carbonyl (C=O) groups is 1. The highest BCUT2D eigenvalue weighted by molar-refractivity contribution is 5.81. The normalized spacial score (nSPS) is 12.0. The van der Waals surface area contributed by atoms with Gasteiger partial charge in [0.05, 0.1) is 0 Å². The fraction of sp³-hybridized carbons (Fsp3) is 0.304. The van der Waals surface area contributed by atoms with E-state index in [2.05, 4.69) is 41.5 Å². The number of pyridine rings is 1. The lowest BCUT2D eigenvalue weighted by Gasteiger charge is -2.14. The number of ether oxygens (including phenoxy) is 1. The van der Waals surface area contributed by atoms with Crippen molar-refractivity contribution >= 4 is 17.2 Å². The average molecular weight is 362 g/mol. The lowest BCUT2D eigenvalue weighted by molar-refractivity contribution is -0.120. The van der Waals surface area contributed by atoms with Crippen LogP contribution in [0, 0.1) is 0 Å². The molecule has 0 amide bonds. The zero-order valence-electron chi connectivity index (χ0n) is 15.7. The van der Waals surface area contributed by atoms with E-state index >= 15 is 0 Å². The minimum atomic E-state index is 0.457. The Bertz CT molecular complexity index is 862. The Balaban J connectivity index is 1.36. The van der Waals surface area contributed by atoms with Crippen LogP contribution in [-0.4, -0.2) is 17.5 Å². The lowest BCUT2D eigenvalue weighted by atomic mass is 10.0. The van der Waals surface area contributed by atoms with Gasteiger partial charge in [-0.3, -0.25) is 9.78 Å². The summed E-state index contributed by atoms with van der Waals surface area (Å²) in [6, 6.07) is 16.8. The Morgan fingerprint density at radius 2 is 1.85 bits per heavy atom. The minimum absolute atomic E-state index is 0.457. The molecule has 1 N–H and O–H groups in total. The van der Waals surface area contributed by atoms with Gasteiger partial charge in [0.15, 0.2) is 0 Å². The van der Waals surface area contributed by atoms with E-state index in [1.54, 1.807) is 0 Å². The number of nitrogens with one attached hydrogen (secondary N) is 1. The van der Waals surface area contributed by atoms with Crippen molar-refractivity contribution in [2.24, 2.45) is 0 Å². The van der Waals surface area contributed by atoms with Crippen LogP contribution >= 0.6 is 0 Å². The molecule has 0 saturated carbocycles. The minimum Gasteiger partial charge on any atom is -0.429 e. The van der Waals surface area contributed by atoms with E-state index < -0.39 is 0 Å². The molecular weight excluding hydrogens is 336 g/mol. The molecule has 2 aromatic carbocycles. The Labute approximate surface area is 160 Å². The highest BCUT2D eigenvalue weighted by atomic mass is 16.5. The van der Waals surface area contributed by atoms with Crippen LogP contribution < -0.4 is 10.1 Å². The van der Waals surface area contributed by atoms with Crippen LogP contribution in [0.5, 0.6) is 5.75 Å². The molecule has 27 heavy (non-hydrogen) atoms. The van der Waals surface area contributed by atoms with Gasteiger partial charge < -0.3 is 10.1 Å². The van der Waals surface area contributed by atoms with Crippen LogP contribution in [0.2, 0.25) is 0 Å². The number of aryl methyl sites for hydroxylation is 1. The third-order valence-electron chi connectivity index (χ3n) is 4.82. The molecule has 0 aliphatic heterocycles. The van der Waals surface area contributed by atoms with Gasteiger partial charge in [-0.1, -0.05) is 30.7 Å². The zero-order chi connectivity index (χ0) is 18.9. The first kappa shape index (κ1) is 19.1. The second kappa shape index (κ2) is 9.83. The molecule has 1 atom stereocenters. The van der Waals surface area contributed by atoms with Gasteiger partial charge >= 0.3 is 0 Å².